The van der Waals surface area contributed by atoms with E-state index < -0.39 is 0 Å². The third-order valence-electron chi connectivity index (χ3n) is 4.10. The van der Waals surface area contributed by atoms with Crippen molar-refractivity contribution in [2.45, 2.75) is 30.2 Å². The van der Waals surface area contributed by atoms with Gasteiger partial charge in [0, 0.05) is 15.5 Å². The van der Waals surface area contributed by atoms with Crippen molar-refractivity contribution in [1.82, 2.24) is 0 Å². The van der Waals surface area contributed by atoms with Crippen LogP contribution in [0.1, 0.15) is 24.6 Å². The molecule has 0 saturated heterocycles. The Balaban J connectivity index is 2.09. The van der Waals surface area contributed by atoms with E-state index in [4.69, 9.17) is 19.9 Å². The van der Waals surface area contributed by atoms with E-state index >= 15 is 0 Å². The predicted octanol–water partition coefficient (Wildman–Crippen LogP) is 4.52. The summed E-state index contributed by atoms with van der Waals surface area (Å²) in [5.41, 5.74) is 6.35. The number of rotatable bonds is 9. The van der Waals surface area contributed by atoms with Crippen molar-refractivity contribution in [3.8, 4) is 17.2 Å². The number of ether oxygens (including phenoxy) is 3. The van der Waals surface area contributed by atoms with E-state index in [2.05, 4.69) is 24.4 Å². The van der Waals surface area contributed by atoms with Gasteiger partial charge in [-0.3, -0.25) is 0 Å². The Morgan fingerprint density at radius 1 is 1.12 bits per heavy atom. The highest BCUT2D eigenvalue weighted by molar-refractivity contribution is 7.99. The fraction of sp³-hybridized carbons (Fsp3) is 0.444. The predicted molar refractivity (Wildman–Crippen MR) is 102 cm³/mol. The van der Waals surface area contributed by atoms with Crippen LogP contribution in [0, 0.1) is 0 Å². The molecule has 132 valence electrons. The summed E-state index contributed by atoms with van der Waals surface area (Å²) in [7, 11) is 4.87. The second-order valence-electron chi connectivity index (χ2n) is 5.45. The molecule has 0 saturated carbocycles. The number of thioether (sulfide) groups is 1. The molecule has 1 unspecified atom stereocenters. The molecule has 0 amide bonds. The normalized spacial score (nSPS) is 13.4. The lowest BCUT2D eigenvalue weighted by atomic mass is 9.92. The number of hydrogen-bond acceptors (Lipinski definition) is 6. The van der Waals surface area contributed by atoms with Gasteiger partial charge in [-0.1, -0.05) is 13.0 Å². The first kappa shape index (κ1) is 19.0. The lowest BCUT2D eigenvalue weighted by Crippen LogP contribution is -2.35. The average Bonchev–Trinajstić information content (AvgIpc) is 3.15. The summed E-state index contributed by atoms with van der Waals surface area (Å²) in [5.74, 6) is 2.88. The molecular formula is C18H25NO3S2. The van der Waals surface area contributed by atoms with Crippen molar-refractivity contribution in [3.05, 3.63) is 34.5 Å². The van der Waals surface area contributed by atoms with E-state index in [1.807, 2.05) is 12.1 Å². The number of thiophene rings is 1. The molecule has 2 rings (SSSR count). The third kappa shape index (κ3) is 4.18. The molecule has 1 atom stereocenters. The van der Waals surface area contributed by atoms with Crippen molar-refractivity contribution >= 4 is 23.1 Å². The van der Waals surface area contributed by atoms with Crippen molar-refractivity contribution in [3.63, 3.8) is 0 Å². The molecule has 2 aromatic rings. The van der Waals surface area contributed by atoms with E-state index in [9.17, 15) is 0 Å². The average molecular weight is 368 g/mol. The Morgan fingerprint density at radius 2 is 1.79 bits per heavy atom. The fourth-order valence-corrected chi connectivity index (χ4v) is 4.55. The molecule has 2 N–H and O–H groups in total. The van der Waals surface area contributed by atoms with Crippen LogP contribution in [0.3, 0.4) is 0 Å². The van der Waals surface area contributed by atoms with Crippen LogP contribution in [0.4, 0.5) is 0 Å². The fourth-order valence-electron chi connectivity index (χ4n) is 2.53. The zero-order chi connectivity index (χ0) is 17.6. The van der Waals surface area contributed by atoms with Gasteiger partial charge in [-0.25, -0.2) is 0 Å². The highest BCUT2D eigenvalue weighted by Gasteiger charge is 2.26. The van der Waals surface area contributed by atoms with E-state index in [-0.39, 0.29) is 5.54 Å². The Hall–Kier alpha value is -1.37. The quantitative estimate of drug-likeness (QED) is 0.660. The number of benzene rings is 1. The highest BCUT2D eigenvalue weighted by atomic mass is 32.2. The molecule has 4 nitrogen and oxygen atoms in total. The van der Waals surface area contributed by atoms with E-state index in [0.717, 1.165) is 23.5 Å². The zero-order valence-corrected chi connectivity index (χ0v) is 16.3. The van der Waals surface area contributed by atoms with Crippen LogP contribution < -0.4 is 19.9 Å². The van der Waals surface area contributed by atoms with Gasteiger partial charge < -0.3 is 19.9 Å². The van der Waals surface area contributed by atoms with Gasteiger partial charge in [0.25, 0.3) is 0 Å². The topological polar surface area (TPSA) is 53.7 Å². The second kappa shape index (κ2) is 8.65. The maximum Gasteiger partial charge on any atom is 0.203 e. The summed E-state index contributed by atoms with van der Waals surface area (Å²) in [4.78, 5) is 2.32. The van der Waals surface area contributed by atoms with Crippen LogP contribution in [0.15, 0.2) is 34.5 Å². The van der Waals surface area contributed by atoms with E-state index in [1.54, 1.807) is 44.4 Å². The summed E-state index contributed by atoms with van der Waals surface area (Å²) >= 11 is 3.47. The summed E-state index contributed by atoms with van der Waals surface area (Å²) in [6, 6.07) is 8.13. The lowest BCUT2D eigenvalue weighted by Gasteiger charge is -2.27. The minimum absolute atomic E-state index is 0.262. The zero-order valence-electron chi connectivity index (χ0n) is 14.6. The molecule has 6 heteroatoms. The molecule has 1 aromatic carbocycles. The van der Waals surface area contributed by atoms with Crippen LogP contribution >= 0.6 is 23.1 Å². The lowest BCUT2D eigenvalue weighted by molar-refractivity contribution is 0.323. The molecular weight excluding hydrogens is 342 g/mol. The summed E-state index contributed by atoms with van der Waals surface area (Å²) in [5, 5.41) is 2.08. The van der Waals surface area contributed by atoms with Gasteiger partial charge in [-0.15, -0.1) is 23.1 Å². The van der Waals surface area contributed by atoms with Gasteiger partial charge in [0.1, 0.15) is 0 Å². The first-order valence-electron chi connectivity index (χ1n) is 7.83. The van der Waals surface area contributed by atoms with Gasteiger partial charge in [0.05, 0.1) is 26.9 Å². The van der Waals surface area contributed by atoms with Crippen LogP contribution in [-0.2, 0) is 5.54 Å². The molecule has 24 heavy (non-hydrogen) atoms. The van der Waals surface area contributed by atoms with Gasteiger partial charge >= 0.3 is 0 Å². The Morgan fingerprint density at radius 3 is 2.25 bits per heavy atom. The number of methoxy groups -OCH3 is 3. The summed E-state index contributed by atoms with van der Waals surface area (Å²) in [6.45, 7) is 2.14. The van der Waals surface area contributed by atoms with Crippen LogP contribution in [0.5, 0.6) is 17.2 Å². The first-order valence-corrected chi connectivity index (χ1v) is 9.70. The van der Waals surface area contributed by atoms with E-state index in [0.29, 0.717) is 17.2 Å². The molecule has 0 bridgehead atoms. The van der Waals surface area contributed by atoms with Crippen molar-refractivity contribution in [2.24, 2.45) is 5.73 Å². The van der Waals surface area contributed by atoms with Crippen molar-refractivity contribution in [2.75, 3.05) is 27.1 Å². The maximum atomic E-state index is 6.61. The second-order valence-corrected chi connectivity index (χ2v) is 7.56. The smallest absolute Gasteiger partial charge is 0.203 e. The largest absolute Gasteiger partial charge is 0.493 e. The maximum absolute atomic E-state index is 6.61. The molecule has 0 radical (unpaired) electrons. The molecule has 1 aromatic heterocycles. The highest BCUT2D eigenvalue weighted by Crippen LogP contribution is 2.41. The molecule has 0 spiro atoms. The van der Waals surface area contributed by atoms with Crippen LogP contribution in [0.25, 0.3) is 0 Å². The molecule has 0 fully saturated rings. The SMILES string of the molecule is CCC(N)(CCSc1cc(OC)c(OC)c(OC)c1)c1cccs1. The monoisotopic (exact) mass is 367 g/mol. The molecule has 1 heterocycles. The van der Waals surface area contributed by atoms with Gasteiger partial charge in [-0.05, 0) is 36.4 Å². The molecule has 0 aliphatic heterocycles. The van der Waals surface area contributed by atoms with Crippen LogP contribution in [0.2, 0.25) is 0 Å². The number of hydrogen-bond donors (Lipinski definition) is 1. The third-order valence-corrected chi connectivity index (χ3v) is 6.16. The van der Waals surface area contributed by atoms with Gasteiger partial charge in [0.15, 0.2) is 11.5 Å². The van der Waals surface area contributed by atoms with E-state index in [1.165, 1.54) is 4.88 Å². The van der Waals surface area contributed by atoms with Crippen molar-refractivity contribution in [1.29, 1.82) is 0 Å². The minimum atomic E-state index is -0.262. The minimum Gasteiger partial charge on any atom is -0.493 e. The number of nitrogens with two attached hydrogens (primary N) is 1. The molecule has 0 aliphatic carbocycles. The standard InChI is InChI=1S/C18H25NO3S2/c1-5-18(19,16-7-6-9-24-16)8-10-23-13-11-14(20-2)17(22-4)15(12-13)21-3/h6-7,9,11-12H,5,8,10,19H2,1-4H3. The van der Waals surface area contributed by atoms with Crippen molar-refractivity contribution < 1.29 is 14.2 Å². The van der Waals surface area contributed by atoms with Crippen LogP contribution in [-0.4, -0.2) is 27.1 Å². The Kier molecular flexibility index (Phi) is 6.83. The Bertz CT molecular complexity index is 621. The molecule has 0 aliphatic rings. The summed E-state index contributed by atoms with van der Waals surface area (Å²) < 4.78 is 16.2. The Labute approximate surface area is 152 Å². The summed E-state index contributed by atoms with van der Waals surface area (Å²) in [6.07, 6.45) is 1.83. The van der Waals surface area contributed by atoms with Gasteiger partial charge in [0.2, 0.25) is 5.75 Å². The first-order chi connectivity index (χ1) is 11.6. The van der Waals surface area contributed by atoms with Gasteiger partial charge in [-0.2, -0.15) is 0 Å².